The molecule has 4 rings (SSSR count). The molecule has 3 amide bonds. The van der Waals surface area contributed by atoms with E-state index < -0.39 is 48.1 Å². The minimum Gasteiger partial charge on any atom is -0.336 e. The number of piperidine rings is 1. The zero-order valence-electron chi connectivity index (χ0n) is 17.8. The van der Waals surface area contributed by atoms with Crippen molar-refractivity contribution in [3.8, 4) is 6.07 Å². The molecule has 6 nitrogen and oxygen atoms in total. The van der Waals surface area contributed by atoms with E-state index in [9.17, 15) is 28.0 Å². The maximum absolute atomic E-state index is 14.8. The van der Waals surface area contributed by atoms with E-state index in [1.165, 1.54) is 25.0 Å². The quantitative estimate of drug-likeness (QED) is 0.669. The number of rotatable bonds is 7. The predicted molar refractivity (Wildman–Crippen MR) is 110 cm³/mol. The van der Waals surface area contributed by atoms with E-state index in [0.29, 0.717) is 31.3 Å². The standard InChI is InChI=1S/C23H27F3N4O2/c24-17-3-1-16(2-4-17)13-23(25,26)14-18(19(31)29-22(15-27)7-8-22)28-20(32)30-11-9-21(5-6-21)10-12-30/h1-4,18H,5-14H2,(H,28,32)(H,29,31). The van der Waals surface area contributed by atoms with Crippen LogP contribution in [0.15, 0.2) is 24.3 Å². The topological polar surface area (TPSA) is 85.2 Å². The van der Waals surface area contributed by atoms with Crippen LogP contribution >= 0.6 is 0 Å². The summed E-state index contributed by atoms with van der Waals surface area (Å²) in [5.74, 6) is -4.63. The van der Waals surface area contributed by atoms with Gasteiger partial charge in [0.1, 0.15) is 17.4 Å². The Morgan fingerprint density at radius 3 is 2.25 bits per heavy atom. The fourth-order valence-corrected chi connectivity index (χ4v) is 4.29. The highest BCUT2D eigenvalue weighted by atomic mass is 19.3. The first kappa shape index (κ1) is 22.4. The molecule has 0 radical (unpaired) electrons. The lowest BCUT2D eigenvalue weighted by Crippen LogP contribution is -2.56. The van der Waals surface area contributed by atoms with E-state index in [2.05, 4.69) is 10.6 Å². The molecule has 1 heterocycles. The van der Waals surface area contributed by atoms with E-state index in [0.717, 1.165) is 25.0 Å². The first-order valence-corrected chi connectivity index (χ1v) is 11.0. The molecule has 1 aromatic rings. The van der Waals surface area contributed by atoms with E-state index in [-0.39, 0.29) is 5.56 Å². The largest absolute Gasteiger partial charge is 0.336 e. The number of likely N-dealkylation sites (tertiary alicyclic amines) is 1. The summed E-state index contributed by atoms with van der Waals surface area (Å²) in [5, 5.41) is 14.3. The Morgan fingerprint density at radius 1 is 1.09 bits per heavy atom. The van der Waals surface area contributed by atoms with Crippen LogP contribution in [0.5, 0.6) is 0 Å². The van der Waals surface area contributed by atoms with Gasteiger partial charge in [0, 0.05) is 25.9 Å². The minimum absolute atomic E-state index is 0.225. The Labute approximate surface area is 185 Å². The summed E-state index contributed by atoms with van der Waals surface area (Å²) in [6, 6.07) is 4.72. The molecule has 2 N–H and O–H groups in total. The van der Waals surface area contributed by atoms with Crippen molar-refractivity contribution in [1.29, 1.82) is 5.26 Å². The molecule has 32 heavy (non-hydrogen) atoms. The van der Waals surface area contributed by atoms with Crippen molar-refractivity contribution in [1.82, 2.24) is 15.5 Å². The summed E-state index contributed by atoms with van der Waals surface area (Å²) in [6.45, 7) is 1.07. The molecular weight excluding hydrogens is 421 g/mol. The molecule has 2 aliphatic carbocycles. The Bertz CT molecular complexity index is 910. The Kier molecular flexibility index (Phi) is 5.82. The van der Waals surface area contributed by atoms with Crippen LogP contribution in [0, 0.1) is 22.6 Å². The summed E-state index contributed by atoms with van der Waals surface area (Å²) < 4.78 is 42.8. The van der Waals surface area contributed by atoms with E-state index in [1.54, 1.807) is 4.90 Å². The lowest BCUT2D eigenvalue weighted by atomic mass is 9.94. The van der Waals surface area contributed by atoms with E-state index in [4.69, 9.17) is 0 Å². The molecule has 0 bridgehead atoms. The summed E-state index contributed by atoms with van der Waals surface area (Å²) >= 11 is 0. The average molecular weight is 448 g/mol. The lowest BCUT2D eigenvalue weighted by molar-refractivity contribution is -0.126. The van der Waals surface area contributed by atoms with Gasteiger partial charge >= 0.3 is 6.03 Å². The van der Waals surface area contributed by atoms with Gasteiger partial charge < -0.3 is 15.5 Å². The van der Waals surface area contributed by atoms with Gasteiger partial charge in [0.05, 0.1) is 6.07 Å². The van der Waals surface area contributed by atoms with Crippen LogP contribution in [0.2, 0.25) is 0 Å². The van der Waals surface area contributed by atoms with Gasteiger partial charge in [-0.3, -0.25) is 4.79 Å². The third-order valence-electron chi connectivity index (χ3n) is 6.89. The second-order valence-corrected chi connectivity index (χ2v) is 9.54. The third-order valence-corrected chi connectivity index (χ3v) is 6.89. The number of amides is 3. The van der Waals surface area contributed by atoms with Crippen molar-refractivity contribution < 1.29 is 22.8 Å². The monoisotopic (exact) mass is 448 g/mol. The molecule has 3 aliphatic rings. The predicted octanol–water partition coefficient (Wildman–Crippen LogP) is 3.52. The zero-order valence-corrected chi connectivity index (χ0v) is 17.8. The number of hydrogen-bond acceptors (Lipinski definition) is 3. The molecule has 1 aliphatic heterocycles. The minimum atomic E-state index is -3.32. The van der Waals surface area contributed by atoms with Crippen molar-refractivity contribution in [2.45, 2.75) is 68.9 Å². The van der Waals surface area contributed by atoms with Gasteiger partial charge in [-0.1, -0.05) is 12.1 Å². The second-order valence-electron chi connectivity index (χ2n) is 9.54. The highest BCUT2D eigenvalue weighted by Gasteiger charge is 2.48. The maximum Gasteiger partial charge on any atom is 0.318 e. The molecular formula is C23H27F3N4O2. The Morgan fingerprint density at radius 2 is 1.72 bits per heavy atom. The average Bonchev–Trinajstić information content (AvgIpc) is 3.68. The van der Waals surface area contributed by atoms with Gasteiger partial charge in [0.2, 0.25) is 5.91 Å². The number of nitrogens with one attached hydrogen (secondary N) is 2. The van der Waals surface area contributed by atoms with Crippen LogP contribution in [0.4, 0.5) is 18.0 Å². The summed E-state index contributed by atoms with van der Waals surface area (Å²) in [6.07, 6.45) is 3.40. The second kappa shape index (κ2) is 8.30. The summed E-state index contributed by atoms with van der Waals surface area (Å²) in [7, 11) is 0. The first-order valence-electron chi connectivity index (χ1n) is 11.0. The number of carbonyl (C=O) groups excluding carboxylic acids is 2. The van der Waals surface area contributed by atoms with Gasteiger partial charge in [-0.2, -0.15) is 5.26 Å². The number of urea groups is 1. The third kappa shape index (κ3) is 5.34. The number of carbonyl (C=O) groups is 2. The molecule has 172 valence electrons. The van der Waals surface area contributed by atoms with Crippen molar-refractivity contribution >= 4 is 11.9 Å². The van der Waals surface area contributed by atoms with Crippen LogP contribution in [-0.4, -0.2) is 47.4 Å². The molecule has 1 aromatic carbocycles. The van der Waals surface area contributed by atoms with Gasteiger partial charge in [-0.15, -0.1) is 0 Å². The first-order chi connectivity index (χ1) is 15.1. The number of halogens is 3. The SMILES string of the molecule is N#CC1(NC(=O)C(CC(F)(F)Cc2ccc(F)cc2)NC(=O)N2CCC3(CC2)CC3)CC1. The smallest absolute Gasteiger partial charge is 0.318 e. The molecule has 0 aromatic heterocycles. The number of alkyl halides is 2. The zero-order chi connectivity index (χ0) is 23.0. The van der Waals surface area contributed by atoms with Crippen LogP contribution in [0.3, 0.4) is 0 Å². The molecule has 2 saturated carbocycles. The Hall–Kier alpha value is -2.76. The molecule has 3 fully saturated rings. The van der Waals surface area contributed by atoms with Crippen molar-refractivity contribution in [3.63, 3.8) is 0 Å². The molecule has 1 saturated heterocycles. The number of nitriles is 1. The normalized spacial score (nSPS) is 21.4. The lowest BCUT2D eigenvalue weighted by Gasteiger charge is -2.34. The highest BCUT2D eigenvalue weighted by Crippen LogP contribution is 2.53. The van der Waals surface area contributed by atoms with Crippen LogP contribution in [0.25, 0.3) is 0 Å². The molecule has 9 heteroatoms. The van der Waals surface area contributed by atoms with Crippen LogP contribution in [-0.2, 0) is 11.2 Å². The van der Waals surface area contributed by atoms with E-state index >= 15 is 0 Å². The van der Waals surface area contributed by atoms with Gasteiger partial charge in [-0.25, -0.2) is 18.0 Å². The number of nitrogens with zero attached hydrogens (tertiary/aromatic N) is 2. The summed E-state index contributed by atoms with van der Waals surface area (Å²) in [4.78, 5) is 27.1. The van der Waals surface area contributed by atoms with Gasteiger partial charge in [-0.05, 0) is 61.6 Å². The summed E-state index contributed by atoms with van der Waals surface area (Å²) in [5.41, 5.74) is -0.459. The van der Waals surface area contributed by atoms with Crippen LogP contribution < -0.4 is 10.6 Å². The molecule has 1 unspecified atom stereocenters. The van der Waals surface area contributed by atoms with Crippen molar-refractivity contribution in [2.24, 2.45) is 5.41 Å². The Balaban J connectivity index is 1.42. The fourth-order valence-electron chi connectivity index (χ4n) is 4.29. The molecule has 1 atom stereocenters. The van der Waals surface area contributed by atoms with Gasteiger partial charge in [0.25, 0.3) is 5.92 Å². The fraction of sp³-hybridized carbons (Fsp3) is 0.609. The highest BCUT2D eigenvalue weighted by molar-refractivity contribution is 5.88. The number of benzene rings is 1. The van der Waals surface area contributed by atoms with E-state index in [1.807, 2.05) is 6.07 Å². The maximum atomic E-state index is 14.8. The van der Waals surface area contributed by atoms with Gasteiger partial charge in [0.15, 0.2) is 0 Å². The van der Waals surface area contributed by atoms with Crippen molar-refractivity contribution in [3.05, 3.63) is 35.6 Å². The molecule has 1 spiro atoms. The number of hydrogen-bond donors (Lipinski definition) is 2. The van der Waals surface area contributed by atoms with Crippen molar-refractivity contribution in [2.75, 3.05) is 13.1 Å². The van der Waals surface area contributed by atoms with Crippen LogP contribution in [0.1, 0.15) is 50.5 Å².